The molecule has 2 aromatic heterocycles. The molecule has 0 radical (unpaired) electrons. The summed E-state index contributed by atoms with van der Waals surface area (Å²) < 4.78 is 0. The number of carbonyl (C=O) groups excluding carboxylic acids is 1. The van der Waals surface area contributed by atoms with E-state index in [2.05, 4.69) is 16.0 Å². The number of amides is 1. The minimum Gasteiger partial charge on any atom is -0.384 e. The van der Waals surface area contributed by atoms with E-state index in [-0.39, 0.29) is 5.91 Å². The lowest BCUT2D eigenvalue weighted by Crippen LogP contribution is -2.24. The fraction of sp³-hybridized carbons (Fsp3) is 0.105. The van der Waals surface area contributed by atoms with Gasteiger partial charge in [0.2, 0.25) is 5.91 Å². The number of hydrogen-bond donors (Lipinski definition) is 2. The smallest absolute Gasteiger partial charge is 0.246 e. The number of aromatic amines is 1. The number of para-hydroxylation sites is 1. The fourth-order valence-electron chi connectivity index (χ4n) is 2.57. The van der Waals surface area contributed by atoms with Gasteiger partial charge in [0.1, 0.15) is 11.9 Å². The van der Waals surface area contributed by atoms with Crippen LogP contribution in [0.1, 0.15) is 16.8 Å². The number of likely N-dealkylation sites (N-methyl/N-ethyl adjacent to an activating group) is 1. The van der Waals surface area contributed by atoms with E-state index < -0.39 is 0 Å². The lowest BCUT2D eigenvalue weighted by molar-refractivity contribution is -0.125. The van der Waals surface area contributed by atoms with Crippen LogP contribution in [0.2, 0.25) is 0 Å². The average molecular weight is 331 g/mol. The topological polar surface area (TPSA) is 98.8 Å². The SMILES string of the molecule is CN(Cc1[nH]c2ccccc2c1C#N)C(=O)/C=C/c1ccc(N)nc1. The number of nitrogen functional groups attached to an aromatic ring is 1. The first-order chi connectivity index (χ1) is 12.1. The standard InChI is InChI=1S/C19H17N5O/c1-24(19(25)9-7-13-6-8-18(21)22-11-13)12-17-15(10-20)14-4-2-3-5-16(14)23-17/h2-9,11,23H,12H2,1H3,(H2,21,22)/b9-7+. The van der Waals surface area contributed by atoms with Crippen molar-refractivity contribution in [2.75, 3.05) is 12.8 Å². The molecule has 124 valence electrons. The van der Waals surface area contributed by atoms with Crippen molar-refractivity contribution in [1.29, 1.82) is 5.26 Å². The summed E-state index contributed by atoms with van der Waals surface area (Å²) in [6.45, 7) is 0.320. The van der Waals surface area contributed by atoms with Gasteiger partial charge in [-0.1, -0.05) is 18.2 Å². The Labute approximate surface area is 145 Å². The fourth-order valence-corrected chi connectivity index (χ4v) is 2.57. The number of aromatic nitrogens is 2. The van der Waals surface area contributed by atoms with Crippen molar-refractivity contribution in [3.8, 4) is 6.07 Å². The van der Waals surface area contributed by atoms with Crippen LogP contribution in [-0.2, 0) is 11.3 Å². The summed E-state index contributed by atoms with van der Waals surface area (Å²) in [6.07, 6.45) is 4.76. The number of carbonyl (C=O) groups is 1. The van der Waals surface area contributed by atoms with Crippen LogP contribution in [-0.4, -0.2) is 27.8 Å². The second kappa shape index (κ2) is 6.89. The number of rotatable bonds is 4. The highest BCUT2D eigenvalue weighted by Gasteiger charge is 2.14. The molecule has 6 nitrogen and oxygen atoms in total. The van der Waals surface area contributed by atoms with Gasteiger partial charge < -0.3 is 15.6 Å². The number of H-pyrrole nitrogens is 1. The quantitative estimate of drug-likeness (QED) is 0.718. The number of fused-ring (bicyclic) bond motifs is 1. The van der Waals surface area contributed by atoms with Crippen LogP contribution < -0.4 is 5.73 Å². The number of anilines is 1. The van der Waals surface area contributed by atoms with Gasteiger partial charge in [-0.25, -0.2) is 4.98 Å². The minimum absolute atomic E-state index is 0.167. The number of nitrogens with two attached hydrogens (primary N) is 1. The van der Waals surface area contributed by atoms with E-state index in [9.17, 15) is 10.1 Å². The van der Waals surface area contributed by atoms with Gasteiger partial charge in [0.15, 0.2) is 0 Å². The maximum absolute atomic E-state index is 12.3. The summed E-state index contributed by atoms with van der Waals surface area (Å²) in [5, 5.41) is 10.3. The van der Waals surface area contributed by atoms with Crippen molar-refractivity contribution >= 4 is 28.7 Å². The van der Waals surface area contributed by atoms with Crippen LogP contribution in [0, 0.1) is 11.3 Å². The van der Waals surface area contributed by atoms with E-state index in [1.807, 2.05) is 24.3 Å². The zero-order chi connectivity index (χ0) is 17.8. The predicted molar refractivity (Wildman–Crippen MR) is 97.2 cm³/mol. The van der Waals surface area contributed by atoms with Gasteiger partial charge in [0, 0.05) is 30.2 Å². The highest BCUT2D eigenvalue weighted by atomic mass is 16.2. The first-order valence-electron chi connectivity index (χ1n) is 7.73. The summed E-state index contributed by atoms with van der Waals surface area (Å²) in [6, 6.07) is 13.3. The van der Waals surface area contributed by atoms with Crippen molar-refractivity contribution in [2.24, 2.45) is 0 Å². The lowest BCUT2D eigenvalue weighted by Gasteiger charge is -2.14. The molecule has 0 unspecified atom stereocenters. The first kappa shape index (κ1) is 16.3. The van der Waals surface area contributed by atoms with E-state index in [0.29, 0.717) is 17.9 Å². The number of pyridine rings is 1. The van der Waals surface area contributed by atoms with Crippen molar-refractivity contribution in [3.63, 3.8) is 0 Å². The van der Waals surface area contributed by atoms with Gasteiger partial charge in [-0.2, -0.15) is 5.26 Å². The molecular weight excluding hydrogens is 314 g/mol. The molecule has 0 saturated heterocycles. The molecule has 3 rings (SSSR count). The van der Waals surface area contributed by atoms with E-state index in [0.717, 1.165) is 22.2 Å². The zero-order valence-electron chi connectivity index (χ0n) is 13.7. The highest BCUT2D eigenvalue weighted by Crippen LogP contribution is 2.22. The number of hydrogen-bond acceptors (Lipinski definition) is 4. The molecule has 1 aromatic carbocycles. The molecule has 0 aliphatic rings. The number of nitrogens with one attached hydrogen (secondary N) is 1. The Balaban J connectivity index is 1.75. The molecule has 1 amide bonds. The molecule has 0 bridgehead atoms. The predicted octanol–water partition coefficient (Wildman–Crippen LogP) is 2.69. The Hall–Kier alpha value is -3.59. The maximum Gasteiger partial charge on any atom is 0.246 e. The molecule has 0 saturated carbocycles. The minimum atomic E-state index is -0.167. The van der Waals surface area contributed by atoms with Crippen molar-refractivity contribution in [3.05, 3.63) is 65.5 Å². The summed E-state index contributed by atoms with van der Waals surface area (Å²) in [5.74, 6) is 0.266. The lowest BCUT2D eigenvalue weighted by atomic mass is 10.1. The van der Waals surface area contributed by atoms with Crippen LogP contribution in [0.15, 0.2) is 48.7 Å². The number of nitrogens with zero attached hydrogens (tertiary/aromatic N) is 3. The van der Waals surface area contributed by atoms with Gasteiger partial charge in [-0.3, -0.25) is 4.79 Å². The van der Waals surface area contributed by atoms with E-state index in [1.54, 1.807) is 36.4 Å². The molecule has 2 heterocycles. The summed E-state index contributed by atoms with van der Waals surface area (Å²) in [7, 11) is 1.70. The average Bonchev–Trinajstić information content (AvgIpc) is 2.97. The largest absolute Gasteiger partial charge is 0.384 e. The molecule has 3 aromatic rings. The normalized spacial score (nSPS) is 10.9. The molecule has 0 aliphatic carbocycles. The third kappa shape index (κ3) is 3.51. The van der Waals surface area contributed by atoms with Crippen LogP contribution >= 0.6 is 0 Å². The van der Waals surface area contributed by atoms with Crippen molar-refractivity contribution in [2.45, 2.75) is 6.54 Å². The Morgan fingerprint density at radius 2 is 2.16 bits per heavy atom. The molecule has 25 heavy (non-hydrogen) atoms. The molecule has 0 fully saturated rings. The Morgan fingerprint density at radius 1 is 1.36 bits per heavy atom. The molecule has 0 spiro atoms. The second-order valence-electron chi connectivity index (χ2n) is 5.68. The zero-order valence-corrected chi connectivity index (χ0v) is 13.7. The Bertz CT molecular complexity index is 979. The van der Waals surface area contributed by atoms with E-state index in [4.69, 9.17) is 5.73 Å². The summed E-state index contributed by atoms with van der Waals surface area (Å²) >= 11 is 0. The van der Waals surface area contributed by atoms with Crippen LogP contribution in [0.4, 0.5) is 5.82 Å². The van der Waals surface area contributed by atoms with Crippen molar-refractivity contribution in [1.82, 2.24) is 14.9 Å². The van der Waals surface area contributed by atoms with Gasteiger partial charge in [-0.05, 0) is 29.8 Å². The molecular formula is C19H17N5O. The molecule has 6 heteroatoms. The van der Waals surface area contributed by atoms with Crippen LogP contribution in [0.5, 0.6) is 0 Å². The van der Waals surface area contributed by atoms with Gasteiger partial charge in [-0.15, -0.1) is 0 Å². The van der Waals surface area contributed by atoms with E-state index >= 15 is 0 Å². The number of benzene rings is 1. The highest BCUT2D eigenvalue weighted by molar-refractivity contribution is 5.92. The molecule has 3 N–H and O–H groups in total. The molecule has 0 aliphatic heterocycles. The van der Waals surface area contributed by atoms with Gasteiger partial charge in [0.05, 0.1) is 17.8 Å². The Kier molecular flexibility index (Phi) is 4.48. The second-order valence-corrected chi connectivity index (χ2v) is 5.68. The Morgan fingerprint density at radius 3 is 2.88 bits per heavy atom. The van der Waals surface area contributed by atoms with Gasteiger partial charge >= 0.3 is 0 Å². The van der Waals surface area contributed by atoms with Crippen molar-refractivity contribution < 1.29 is 4.79 Å². The third-order valence-corrected chi connectivity index (χ3v) is 3.89. The third-order valence-electron chi connectivity index (χ3n) is 3.89. The first-order valence-corrected chi connectivity index (χ1v) is 7.73. The maximum atomic E-state index is 12.3. The van der Waals surface area contributed by atoms with Crippen LogP contribution in [0.25, 0.3) is 17.0 Å². The molecule has 0 atom stereocenters. The van der Waals surface area contributed by atoms with Gasteiger partial charge in [0.25, 0.3) is 0 Å². The van der Waals surface area contributed by atoms with Crippen LogP contribution in [0.3, 0.4) is 0 Å². The summed E-state index contributed by atoms with van der Waals surface area (Å²) in [5.41, 5.74) is 8.51. The monoisotopic (exact) mass is 331 g/mol. The number of nitriles is 1. The van der Waals surface area contributed by atoms with E-state index in [1.165, 1.54) is 6.08 Å². The summed E-state index contributed by atoms with van der Waals surface area (Å²) in [4.78, 5) is 21.0.